The van der Waals surface area contributed by atoms with Crippen LogP contribution in [-0.2, 0) is 0 Å². The number of nitrogens with zero attached hydrogens (tertiary/aromatic N) is 3. The van der Waals surface area contributed by atoms with E-state index in [2.05, 4.69) is 9.97 Å². The van der Waals surface area contributed by atoms with E-state index >= 15 is 0 Å². The Hall–Kier alpha value is -2.28. The van der Waals surface area contributed by atoms with Gasteiger partial charge in [-0.1, -0.05) is 6.92 Å². The Morgan fingerprint density at radius 1 is 1.41 bits per heavy atom. The number of aromatic carboxylic acids is 1. The van der Waals surface area contributed by atoms with Crippen molar-refractivity contribution < 1.29 is 14.7 Å². The lowest BCUT2D eigenvalue weighted by atomic mass is 10.1. The molecule has 2 aromatic rings. The van der Waals surface area contributed by atoms with Gasteiger partial charge in [0.15, 0.2) is 0 Å². The van der Waals surface area contributed by atoms with E-state index in [0.717, 1.165) is 5.01 Å². The first-order valence-corrected chi connectivity index (χ1v) is 7.64. The Balaban J connectivity index is 2.10. The fourth-order valence-electron chi connectivity index (χ4n) is 2.15. The zero-order chi connectivity index (χ0) is 16.3. The molecule has 0 bridgehead atoms. The lowest BCUT2D eigenvalue weighted by molar-refractivity contribution is 0.0693. The Kier molecular flexibility index (Phi) is 4.87. The summed E-state index contributed by atoms with van der Waals surface area (Å²) in [6, 6.07) is 2.86. The highest BCUT2D eigenvalue weighted by molar-refractivity contribution is 7.09. The molecular weight excluding hydrogens is 302 g/mol. The van der Waals surface area contributed by atoms with Crippen LogP contribution in [-0.4, -0.2) is 45.4 Å². The van der Waals surface area contributed by atoms with Gasteiger partial charge in [-0.05, 0) is 19.1 Å². The van der Waals surface area contributed by atoms with Crippen LogP contribution in [0.25, 0.3) is 0 Å². The van der Waals surface area contributed by atoms with E-state index in [1.54, 1.807) is 36.4 Å². The molecule has 116 valence electrons. The first-order valence-electron chi connectivity index (χ1n) is 6.76. The number of aromatic nitrogens is 2. The van der Waals surface area contributed by atoms with Crippen molar-refractivity contribution in [2.24, 2.45) is 0 Å². The number of carboxylic acid groups (broad SMARTS) is 1. The monoisotopic (exact) mass is 319 g/mol. The smallest absolute Gasteiger partial charge is 0.337 e. The van der Waals surface area contributed by atoms with Gasteiger partial charge in [0, 0.05) is 31.1 Å². The number of amides is 1. The molecule has 1 amide bonds. The number of hydrogen-bond donors (Lipinski definition) is 1. The van der Waals surface area contributed by atoms with Gasteiger partial charge in [0.2, 0.25) is 0 Å². The SMILES string of the molecule is Cc1nc(C(=O)N(C)CC(C)c2nccs2)ccc1C(=O)O. The predicted molar refractivity (Wildman–Crippen MR) is 83.4 cm³/mol. The van der Waals surface area contributed by atoms with Gasteiger partial charge >= 0.3 is 5.97 Å². The molecule has 0 saturated carbocycles. The van der Waals surface area contributed by atoms with E-state index in [1.165, 1.54) is 12.1 Å². The number of rotatable bonds is 5. The normalized spacial score (nSPS) is 12.0. The van der Waals surface area contributed by atoms with Crippen LogP contribution in [0.4, 0.5) is 0 Å². The standard InChI is InChI=1S/C15H17N3O3S/c1-9(13-16-6-7-22-13)8-18(3)14(19)12-5-4-11(15(20)21)10(2)17-12/h4-7,9H,8H2,1-3H3,(H,20,21). The molecule has 1 N–H and O–H groups in total. The van der Waals surface area contributed by atoms with Gasteiger partial charge in [0.05, 0.1) is 16.3 Å². The Morgan fingerprint density at radius 3 is 2.68 bits per heavy atom. The maximum Gasteiger partial charge on any atom is 0.337 e. The van der Waals surface area contributed by atoms with Crippen molar-refractivity contribution in [1.29, 1.82) is 0 Å². The van der Waals surface area contributed by atoms with Gasteiger partial charge in [-0.2, -0.15) is 0 Å². The van der Waals surface area contributed by atoms with Crippen LogP contribution in [0, 0.1) is 6.92 Å². The molecule has 2 rings (SSSR count). The summed E-state index contributed by atoms with van der Waals surface area (Å²) in [6.07, 6.45) is 1.74. The van der Waals surface area contributed by atoms with Crippen molar-refractivity contribution in [3.05, 3.63) is 45.7 Å². The Bertz CT molecular complexity index is 685. The average Bonchev–Trinajstić information content (AvgIpc) is 3.00. The van der Waals surface area contributed by atoms with Crippen molar-refractivity contribution in [1.82, 2.24) is 14.9 Å². The maximum absolute atomic E-state index is 12.4. The maximum atomic E-state index is 12.4. The molecule has 6 nitrogen and oxygen atoms in total. The first kappa shape index (κ1) is 16.1. The van der Waals surface area contributed by atoms with Gasteiger partial charge in [0.25, 0.3) is 5.91 Å². The Labute approximate surface area is 132 Å². The van der Waals surface area contributed by atoms with Crippen molar-refractivity contribution >= 4 is 23.2 Å². The molecule has 2 aromatic heterocycles. The Morgan fingerprint density at radius 2 is 2.14 bits per heavy atom. The third-order valence-corrected chi connectivity index (χ3v) is 4.31. The molecule has 0 fully saturated rings. The molecule has 0 saturated heterocycles. The fraction of sp³-hybridized carbons (Fsp3) is 0.333. The number of carbonyl (C=O) groups is 2. The van der Waals surface area contributed by atoms with Crippen LogP contribution in [0.5, 0.6) is 0 Å². The number of thiazole rings is 1. The lowest BCUT2D eigenvalue weighted by Crippen LogP contribution is -2.31. The van der Waals surface area contributed by atoms with Gasteiger partial charge in [-0.15, -0.1) is 11.3 Å². The van der Waals surface area contributed by atoms with E-state index < -0.39 is 5.97 Å². The molecular formula is C15H17N3O3S. The quantitative estimate of drug-likeness (QED) is 0.915. The zero-order valence-electron chi connectivity index (χ0n) is 12.6. The summed E-state index contributed by atoms with van der Waals surface area (Å²) in [6.45, 7) is 4.11. The molecule has 1 unspecified atom stereocenters. The van der Waals surface area contributed by atoms with Crippen molar-refractivity contribution in [2.75, 3.05) is 13.6 Å². The van der Waals surface area contributed by atoms with E-state index in [4.69, 9.17) is 5.11 Å². The molecule has 0 aromatic carbocycles. The van der Waals surface area contributed by atoms with Crippen molar-refractivity contribution in [3.8, 4) is 0 Å². The summed E-state index contributed by atoms with van der Waals surface area (Å²) in [5.74, 6) is -1.15. The number of pyridine rings is 1. The minimum atomic E-state index is -1.05. The summed E-state index contributed by atoms with van der Waals surface area (Å²) >= 11 is 1.56. The van der Waals surface area contributed by atoms with Gasteiger partial charge in [-0.25, -0.2) is 14.8 Å². The number of likely N-dealkylation sites (N-methyl/N-ethyl adjacent to an activating group) is 1. The molecule has 1 atom stereocenters. The fourth-order valence-corrected chi connectivity index (χ4v) is 2.84. The molecule has 0 aliphatic rings. The summed E-state index contributed by atoms with van der Waals surface area (Å²) in [5, 5.41) is 11.9. The number of carbonyl (C=O) groups excluding carboxylic acids is 1. The predicted octanol–water partition coefficient (Wildman–Crippen LogP) is 2.42. The first-order chi connectivity index (χ1) is 10.4. The van der Waals surface area contributed by atoms with Crippen molar-refractivity contribution in [2.45, 2.75) is 19.8 Å². The third-order valence-electron chi connectivity index (χ3n) is 3.30. The third kappa shape index (κ3) is 3.48. The molecule has 22 heavy (non-hydrogen) atoms. The highest BCUT2D eigenvalue weighted by Gasteiger charge is 2.19. The van der Waals surface area contributed by atoms with Crippen LogP contribution in [0.3, 0.4) is 0 Å². The second-order valence-corrected chi connectivity index (χ2v) is 6.02. The van der Waals surface area contributed by atoms with Crippen LogP contribution < -0.4 is 0 Å². The van der Waals surface area contributed by atoms with E-state index in [-0.39, 0.29) is 23.1 Å². The highest BCUT2D eigenvalue weighted by atomic mass is 32.1. The largest absolute Gasteiger partial charge is 0.478 e. The van der Waals surface area contributed by atoms with E-state index in [9.17, 15) is 9.59 Å². The van der Waals surface area contributed by atoms with Gasteiger partial charge in [0.1, 0.15) is 5.69 Å². The lowest BCUT2D eigenvalue weighted by Gasteiger charge is -2.20. The highest BCUT2D eigenvalue weighted by Crippen LogP contribution is 2.19. The number of carboxylic acids is 1. The van der Waals surface area contributed by atoms with Gasteiger partial charge in [-0.3, -0.25) is 4.79 Å². The molecule has 0 radical (unpaired) electrons. The minimum Gasteiger partial charge on any atom is -0.478 e. The van der Waals surface area contributed by atoms with Crippen LogP contribution in [0.15, 0.2) is 23.7 Å². The average molecular weight is 319 g/mol. The molecule has 0 aliphatic heterocycles. The minimum absolute atomic E-state index is 0.107. The van der Waals surface area contributed by atoms with Crippen molar-refractivity contribution in [3.63, 3.8) is 0 Å². The van der Waals surface area contributed by atoms with Crippen LogP contribution in [0.1, 0.15) is 44.4 Å². The second-order valence-electron chi connectivity index (χ2n) is 5.09. The molecule has 0 aliphatic carbocycles. The topological polar surface area (TPSA) is 83.4 Å². The molecule has 2 heterocycles. The number of aryl methyl sites for hydroxylation is 1. The zero-order valence-corrected chi connectivity index (χ0v) is 13.4. The van der Waals surface area contributed by atoms with Crippen LogP contribution in [0.2, 0.25) is 0 Å². The summed E-state index contributed by atoms with van der Waals surface area (Å²) in [5.41, 5.74) is 0.686. The van der Waals surface area contributed by atoms with Crippen LogP contribution >= 0.6 is 11.3 Å². The number of hydrogen-bond acceptors (Lipinski definition) is 5. The second kappa shape index (κ2) is 6.65. The summed E-state index contributed by atoms with van der Waals surface area (Å²) in [7, 11) is 1.70. The van der Waals surface area contributed by atoms with E-state index in [0.29, 0.717) is 12.2 Å². The van der Waals surface area contributed by atoms with Gasteiger partial charge < -0.3 is 10.0 Å². The summed E-state index contributed by atoms with van der Waals surface area (Å²) < 4.78 is 0. The molecule has 0 spiro atoms. The summed E-state index contributed by atoms with van der Waals surface area (Å²) in [4.78, 5) is 33.3. The molecule has 7 heteroatoms. The van der Waals surface area contributed by atoms with E-state index in [1.807, 2.05) is 12.3 Å².